The van der Waals surface area contributed by atoms with Gasteiger partial charge in [0.15, 0.2) is 0 Å². The number of aromatic nitrogens is 1. The Morgan fingerprint density at radius 3 is 2.66 bits per heavy atom. The molecule has 2 amide bonds. The lowest BCUT2D eigenvalue weighted by Crippen LogP contribution is -2.20. The van der Waals surface area contributed by atoms with Crippen LogP contribution in [0.25, 0.3) is 32.2 Å². The van der Waals surface area contributed by atoms with Crippen molar-refractivity contribution < 1.29 is 9.59 Å². The summed E-state index contributed by atoms with van der Waals surface area (Å²) in [6.45, 7) is 3.82. The number of nitrogens with one attached hydrogen (secondary N) is 2. The molecule has 0 saturated carbocycles. The quantitative estimate of drug-likeness (QED) is 0.385. The first-order valence-corrected chi connectivity index (χ1v) is 10.6. The molecule has 5 nitrogen and oxygen atoms in total. The topological polar surface area (TPSA) is 63.1 Å². The second-order valence-corrected chi connectivity index (χ2v) is 8.41. The van der Waals surface area contributed by atoms with Crippen molar-refractivity contribution in [2.45, 2.75) is 19.9 Å². The van der Waals surface area contributed by atoms with Crippen LogP contribution in [0.4, 0.5) is 0 Å². The number of aryl methyl sites for hydroxylation is 2. The van der Waals surface area contributed by atoms with Crippen LogP contribution in [0.3, 0.4) is 0 Å². The summed E-state index contributed by atoms with van der Waals surface area (Å²) in [5.41, 5.74) is 5.13. The smallest absolute Gasteiger partial charge is 0.259 e. The molecule has 2 aromatic heterocycles. The van der Waals surface area contributed by atoms with Crippen molar-refractivity contribution in [1.82, 2.24) is 15.2 Å². The Morgan fingerprint density at radius 2 is 1.90 bits per heavy atom. The van der Waals surface area contributed by atoms with E-state index < -0.39 is 0 Å². The summed E-state index contributed by atoms with van der Waals surface area (Å²) < 4.78 is 2.29. The first-order chi connectivity index (χ1) is 14.1. The van der Waals surface area contributed by atoms with E-state index in [0.717, 1.165) is 51.8 Å². The van der Waals surface area contributed by atoms with Gasteiger partial charge in [-0.25, -0.2) is 0 Å². The average molecular weight is 404 g/mol. The molecular formula is C23H21N3O2S. The largest absolute Gasteiger partial charge is 0.340 e. The Hall–Kier alpha value is -2.96. The number of rotatable bonds is 5. The van der Waals surface area contributed by atoms with E-state index in [-0.39, 0.29) is 11.8 Å². The molecule has 29 heavy (non-hydrogen) atoms. The van der Waals surface area contributed by atoms with Crippen molar-refractivity contribution in [2.75, 3.05) is 13.6 Å². The Morgan fingerprint density at radius 1 is 1.07 bits per heavy atom. The lowest BCUT2D eigenvalue weighted by Gasteiger charge is -2.10. The number of fused-ring (bicyclic) bond motifs is 5. The molecule has 2 N–H and O–H groups in total. The van der Waals surface area contributed by atoms with Gasteiger partial charge in [0.25, 0.3) is 11.8 Å². The number of carbonyl (C=O) groups excluding carboxylic acids is 2. The highest BCUT2D eigenvalue weighted by Gasteiger charge is 2.34. The monoisotopic (exact) mass is 403 g/mol. The van der Waals surface area contributed by atoms with Gasteiger partial charge >= 0.3 is 0 Å². The van der Waals surface area contributed by atoms with Gasteiger partial charge in [0, 0.05) is 33.3 Å². The van der Waals surface area contributed by atoms with Crippen LogP contribution in [0, 0.1) is 6.92 Å². The number of hydrogen-bond donors (Lipinski definition) is 2. The first-order valence-electron chi connectivity index (χ1n) is 9.74. The minimum Gasteiger partial charge on any atom is -0.340 e. The molecule has 2 aromatic carbocycles. The zero-order chi connectivity index (χ0) is 20.1. The molecule has 0 atom stereocenters. The van der Waals surface area contributed by atoms with Gasteiger partial charge < -0.3 is 9.88 Å². The highest BCUT2D eigenvalue weighted by atomic mass is 32.1. The Balaban J connectivity index is 1.92. The summed E-state index contributed by atoms with van der Waals surface area (Å²) in [7, 11) is 1.95. The zero-order valence-corrected chi connectivity index (χ0v) is 17.2. The van der Waals surface area contributed by atoms with Crippen LogP contribution in [0.15, 0.2) is 41.8 Å². The molecule has 0 aliphatic carbocycles. The maximum atomic E-state index is 12.8. The molecule has 0 unspecified atom stereocenters. The first kappa shape index (κ1) is 18.1. The van der Waals surface area contributed by atoms with Gasteiger partial charge in [-0.1, -0.05) is 18.2 Å². The Bertz CT molecular complexity index is 1290. The molecule has 3 heterocycles. The number of nitrogens with zero attached hydrogens (tertiary/aromatic N) is 1. The number of amides is 2. The maximum Gasteiger partial charge on any atom is 0.259 e. The van der Waals surface area contributed by atoms with Crippen molar-refractivity contribution >= 4 is 45.0 Å². The molecule has 0 bridgehead atoms. The van der Waals surface area contributed by atoms with E-state index in [1.54, 1.807) is 11.3 Å². The predicted octanol–water partition coefficient (Wildman–Crippen LogP) is 4.32. The minimum atomic E-state index is -0.307. The zero-order valence-electron chi connectivity index (χ0n) is 16.3. The summed E-state index contributed by atoms with van der Waals surface area (Å²) in [6.07, 6.45) is 0.972. The fraction of sp³-hybridized carbons (Fsp3) is 0.217. The molecule has 146 valence electrons. The third kappa shape index (κ3) is 2.71. The highest BCUT2D eigenvalue weighted by molar-refractivity contribution is 7.13. The summed E-state index contributed by atoms with van der Waals surface area (Å²) in [6, 6.07) is 12.4. The molecule has 4 aromatic rings. The molecular weight excluding hydrogens is 382 g/mol. The molecule has 0 saturated heterocycles. The van der Waals surface area contributed by atoms with Crippen LogP contribution in [0.5, 0.6) is 0 Å². The van der Waals surface area contributed by atoms with E-state index in [9.17, 15) is 9.59 Å². The minimum absolute atomic E-state index is 0.303. The molecule has 0 fully saturated rings. The van der Waals surface area contributed by atoms with Crippen molar-refractivity contribution in [3.63, 3.8) is 0 Å². The fourth-order valence-electron chi connectivity index (χ4n) is 4.33. The third-order valence-electron chi connectivity index (χ3n) is 5.59. The lowest BCUT2D eigenvalue weighted by molar-refractivity contribution is 0.0880. The van der Waals surface area contributed by atoms with Gasteiger partial charge in [-0.05, 0) is 56.1 Å². The van der Waals surface area contributed by atoms with E-state index in [1.807, 2.05) is 24.6 Å². The predicted molar refractivity (Wildman–Crippen MR) is 118 cm³/mol. The van der Waals surface area contributed by atoms with Crippen LogP contribution >= 0.6 is 11.3 Å². The molecule has 1 aliphatic heterocycles. The van der Waals surface area contributed by atoms with Crippen molar-refractivity contribution in [1.29, 1.82) is 0 Å². The number of thiophene rings is 1. The number of carbonyl (C=O) groups is 2. The van der Waals surface area contributed by atoms with Crippen molar-refractivity contribution in [2.24, 2.45) is 0 Å². The summed E-state index contributed by atoms with van der Waals surface area (Å²) in [5, 5.41) is 9.62. The summed E-state index contributed by atoms with van der Waals surface area (Å²) in [5.74, 6) is -0.609. The molecule has 0 spiro atoms. The standard InChI is InChI=1S/C23H21N3O2S/c1-13-6-7-14-16(11-13)26(9-4-8-24-2)17-12-15(18-5-3-10-29-18)20-21(19(14)17)23(28)25-22(20)27/h3,5-7,10-12,24H,4,8-9H2,1-2H3,(H,25,27,28). The van der Waals surface area contributed by atoms with Gasteiger partial charge in [0.05, 0.1) is 16.6 Å². The third-order valence-corrected chi connectivity index (χ3v) is 6.49. The van der Waals surface area contributed by atoms with Crippen LogP contribution in [-0.2, 0) is 6.54 Å². The van der Waals surface area contributed by atoms with Crippen LogP contribution in [0.1, 0.15) is 32.7 Å². The molecule has 0 radical (unpaired) electrons. The van der Waals surface area contributed by atoms with Crippen LogP contribution < -0.4 is 10.6 Å². The van der Waals surface area contributed by atoms with E-state index in [1.165, 1.54) is 5.56 Å². The molecule has 5 rings (SSSR count). The Kier molecular flexibility index (Phi) is 4.26. The molecule has 1 aliphatic rings. The van der Waals surface area contributed by atoms with Crippen LogP contribution in [0.2, 0.25) is 0 Å². The van der Waals surface area contributed by atoms with Crippen molar-refractivity contribution in [3.8, 4) is 10.4 Å². The maximum absolute atomic E-state index is 12.8. The fourth-order valence-corrected chi connectivity index (χ4v) is 5.08. The Labute approximate surface area is 172 Å². The van der Waals surface area contributed by atoms with Crippen LogP contribution in [-0.4, -0.2) is 30.0 Å². The summed E-state index contributed by atoms with van der Waals surface area (Å²) in [4.78, 5) is 26.5. The van der Waals surface area contributed by atoms with Gasteiger partial charge in [-0.3, -0.25) is 14.9 Å². The van der Waals surface area contributed by atoms with Gasteiger partial charge in [-0.15, -0.1) is 11.3 Å². The SMILES string of the molecule is CNCCCn1c2cc(C)ccc2c2c3c(c(-c4cccs4)cc21)C(=O)NC3=O. The van der Waals surface area contributed by atoms with E-state index in [0.29, 0.717) is 11.1 Å². The highest BCUT2D eigenvalue weighted by Crippen LogP contribution is 2.41. The van der Waals surface area contributed by atoms with Gasteiger partial charge in [0.2, 0.25) is 0 Å². The van der Waals surface area contributed by atoms with E-state index in [2.05, 4.69) is 46.4 Å². The second kappa shape index (κ2) is 6.83. The van der Waals surface area contributed by atoms with E-state index >= 15 is 0 Å². The van der Waals surface area contributed by atoms with Gasteiger partial charge in [0.1, 0.15) is 0 Å². The normalized spacial score (nSPS) is 13.4. The van der Waals surface area contributed by atoms with Crippen molar-refractivity contribution in [3.05, 3.63) is 58.5 Å². The number of imide groups is 1. The lowest BCUT2D eigenvalue weighted by atomic mass is 9.96. The average Bonchev–Trinajstić information content (AvgIpc) is 3.40. The summed E-state index contributed by atoms with van der Waals surface area (Å²) >= 11 is 1.58. The van der Waals surface area contributed by atoms with E-state index in [4.69, 9.17) is 0 Å². The van der Waals surface area contributed by atoms with Gasteiger partial charge in [-0.2, -0.15) is 0 Å². The number of hydrogen-bond acceptors (Lipinski definition) is 4. The second-order valence-electron chi connectivity index (χ2n) is 7.46. The number of benzene rings is 2. The molecule has 6 heteroatoms.